The van der Waals surface area contributed by atoms with Crippen LogP contribution in [-0.4, -0.2) is 16.7 Å². The third-order valence-corrected chi connectivity index (χ3v) is 4.16. The van der Waals surface area contributed by atoms with Crippen LogP contribution in [0.3, 0.4) is 0 Å². The van der Waals surface area contributed by atoms with Gasteiger partial charge in [0.15, 0.2) is 0 Å². The summed E-state index contributed by atoms with van der Waals surface area (Å²) in [4.78, 5) is 4.67. The molecule has 0 saturated carbocycles. The standard InChI is InChI=1S/C15H19NOS/c1-4-12(8-17)14-9-18-15(16-14)13-6-5-10(2)7-11(13)3/h5-7,9,12,17H,4,8H2,1-3H3. The number of aromatic nitrogens is 1. The first kappa shape index (κ1) is 13.2. The van der Waals surface area contributed by atoms with E-state index in [1.807, 2.05) is 0 Å². The Hall–Kier alpha value is -1.19. The lowest BCUT2D eigenvalue weighted by Gasteiger charge is -2.07. The monoisotopic (exact) mass is 261 g/mol. The number of rotatable bonds is 4. The smallest absolute Gasteiger partial charge is 0.123 e. The van der Waals surface area contributed by atoms with Gasteiger partial charge in [-0.1, -0.05) is 30.7 Å². The van der Waals surface area contributed by atoms with Crippen molar-refractivity contribution in [2.24, 2.45) is 0 Å². The van der Waals surface area contributed by atoms with Crippen LogP contribution in [0.25, 0.3) is 10.6 Å². The lowest BCUT2D eigenvalue weighted by Crippen LogP contribution is -2.02. The van der Waals surface area contributed by atoms with Crippen molar-refractivity contribution in [1.29, 1.82) is 0 Å². The van der Waals surface area contributed by atoms with Crippen LogP contribution in [0.5, 0.6) is 0 Å². The molecule has 0 aliphatic heterocycles. The van der Waals surface area contributed by atoms with Crippen molar-refractivity contribution < 1.29 is 5.11 Å². The number of hydrogen-bond donors (Lipinski definition) is 1. The molecule has 96 valence electrons. The zero-order valence-electron chi connectivity index (χ0n) is 11.1. The second kappa shape index (κ2) is 5.63. The zero-order chi connectivity index (χ0) is 13.1. The highest BCUT2D eigenvalue weighted by atomic mass is 32.1. The maximum absolute atomic E-state index is 9.31. The average molecular weight is 261 g/mol. The van der Waals surface area contributed by atoms with Crippen LogP contribution >= 0.6 is 11.3 Å². The van der Waals surface area contributed by atoms with E-state index in [0.717, 1.165) is 17.1 Å². The maximum atomic E-state index is 9.31. The van der Waals surface area contributed by atoms with Gasteiger partial charge in [-0.2, -0.15) is 0 Å². The van der Waals surface area contributed by atoms with Gasteiger partial charge < -0.3 is 5.11 Å². The Morgan fingerprint density at radius 1 is 1.33 bits per heavy atom. The van der Waals surface area contributed by atoms with E-state index >= 15 is 0 Å². The quantitative estimate of drug-likeness (QED) is 0.905. The summed E-state index contributed by atoms with van der Waals surface area (Å²) in [5.41, 5.74) is 4.74. The maximum Gasteiger partial charge on any atom is 0.123 e. The summed E-state index contributed by atoms with van der Waals surface area (Å²) in [6, 6.07) is 6.43. The van der Waals surface area contributed by atoms with Gasteiger partial charge in [-0.25, -0.2) is 4.98 Å². The molecule has 0 aliphatic rings. The van der Waals surface area contributed by atoms with E-state index in [1.165, 1.54) is 16.7 Å². The summed E-state index contributed by atoms with van der Waals surface area (Å²) in [5.74, 6) is 0.167. The first-order valence-corrected chi connectivity index (χ1v) is 7.17. The number of aliphatic hydroxyl groups excluding tert-OH is 1. The Bertz CT molecular complexity index is 529. The summed E-state index contributed by atoms with van der Waals surface area (Å²) < 4.78 is 0. The third kappa shape index (κ3) is 2.62. The predicted octanol–water partition coefficient (Wildman–Crippen LogP) is 3.91. The van der Waals surface area contributed by atoms with E-state index in [9.17, 15) is 5.11 Å². The minimum absolute atomic E-state index is 0.167. The van der Waals surface area contributed by atoms with Gasteiger partial charge >= 0.3 is 0 Å². The van der Waals surface area contributed by atoms with E-state index in [-0.39, 0.29) is 12.5 Å². The molecule has 1 aromatic heterocycles. The summed E-state index contributed by atoms with van der Waals surface area (Å²) >= 11 is 1.66. The lowest BCUT2D eigenvalue weighted by atomic mass is 10.0. The van der Waals surface area contributed by atoms with Crippen molar-refractivity contribution in [3.8, 4) is 10.6 Å². The Balaban J connectivity index is 2.34. The fraction of sp³-hybridized carbons (Fsp3) is 0.400. The second-order valence-electron chi connectivity index (χ2n) is 4.68. The molecule has 3 heteroatoms. The molecular formula is C15H19NOS. The minimum atomic E-state index is 0.167. The van der Waals surface area contributed by atoms with Crippen LogP contribution in [0, 0.1) is 13.8 Å². The van der Waals surface area contributed by atoms with E-state index in [0.29, 0.717) is 0 Å². The molecule has 1 atom stereocenters. The van der Waals surface area contributed by atoms with Crippen molar-refractivity contribution in [3.63, 3.8) is 0 Å². The highest BCUT2D eigenvalue weighted by Crippen LogP contribution is 2.30. The SMILES string of the molecule is CCC(CO)c1csc(-c2ccc(C)cc2C)n1. The largest absolute Gasteiger partial charge is 0.396 e. The Morgan fingerprint density at radius 3 is 2.72 bits per heavy atom. The molecule has 0 aliphatic carbocycles. The minimum Gasteiger partial charge on any atom is -0.396 e. The van der Waals surface area contributed by atoms with E-state index in [4.69, 9.17) is 0 Å². The van der Waals surface area contributed by atoms with Crippen LogP contribution in [0.15, 0.2) is 23.6 Å². The van der Waals surface area contributed by atoms with Gasteiger partial charge in [-0.15, -0.1) is 11.3 Å². The molecule has 1 aromatic carbocycles. The predicted molar refractivity (Wildman–Crippen MR) is 77.1 cm³/mol. The first-order valence-electron chi connectivity index (χ1n) is 6.29. The van der Waals surface area contributed by atoms with Gasteiger partial charge in [0.1, 0.15) is 5.01 Å². The fourth-order valence-corrected chi connectivity index (χ4v) is 3.07. The molecule has 1 heterocycles. The fourth-order valence-electron chi connectivity index (χ4n) is 2.08. The molecule has 0 amide bonds. The van der Waals surface area contributed by atoms with Gasteiger partial charge in [-0.3, -0.25) is 0 Å². The van der Waals surface area contributed by atoms with Crippen molar-refractivity contribution >= 4 is 11.3 Å². The molecule has 0 bridgehead atoms. The summed E-state index contributed by atoms with van der Waals surface area (Å²) in [6.45, 7) is 6.47. The summed E-state index contributed by atoms with van der Waals surface area (Å²) in [7, 11) is 0. The number of thiazole rings is 1. The number of aryl methyl sites for hydroxylation is 2. The third-order valence-electron chi connectivity index (χ3n) is 3.27. The second-order valence-corrected chi connectivity index (χ2v) is 5.54. The van der Waals surface area contributed by atoms with E-state index < -0.39 is 0 Å². The number of benzene rings is 1. The van der Waals surface area contributed by atoms with Crippen LogP contribution in [0.2, 0.25) is 0 Å². The topological polar surface area (TPSA) is 33.1 Å². The van der Waals surface area contributed by atoms with Crippen LogP contribution in [0.4, 0.5) is 0 Å². The van der Waals surface area contributed by atoms with Crippen molar-refractivity contribution in [3.05, 3.63) is 40.4 Å². The van der Waals surface area contributed by atoms with Gasteiger partial charge in [0.2, 0.25) is 0 Å². The summed E-state index contributed by atoms with van der Waals surface area (Å²) in [6.07, 6.45) is 0.923. The van der Waals surface area contributed by atoms with Crippen LogP contribution < -0.4 is 0 Å². The lowest BCUT2D eigenvalue weighted by molar-refractivity contribution is 0.260. The number of nitrogens with zero attached hydrogens (tertiary/aromatic N) is 1. The Labute approximate surface area is 112 Å². The van der Waals surface area contributed by atoms with Gasteiger partial charge in [-0.05, 0) is 25.8 Å². The molecule has 2 nitrogen and oxygen atoms in total. The van der Waals surface area contributed by atoms with Crippen LogP contribution in [0.1, 0.15) is 36.1 Å². The molecule has 2 rings (SSSR count). The molecule has 0 fully saturated rings. The van der Waals surface area contributed by atoms with Gasteiger partial charge in [0.25, 0.3) is 0 Å². The molecule has 1 unspecified atom stereocenters. The van der Waals surface area contributed by atoms with Gasteiger partial charge in [0.05, 0.1) is 12.3 Å². The highest BCUT2D eigenvalue weighted by molar-refractivity contribution is 7.13. The molecule has 2 aromatic rings. The van der Waals surface area contributed by atoms with E-state index in [2.05, 4.69) is 49.3 Å². The van der Waals surface area contributed by atoms with E-state index in [1.54, 1.807) is 11.3 Å². The molecular weight excluding hydrogens is 242 g/mol. The van der Waals surface area contributed by atoms with Crippen LogP contribution in [-0.2, 0) is 0 Å². The molecule has 18 heavy (non-hydrogen) atoms. The Kier molecular flexibility index (Phi) is 4.15. The number of hydrogen-bond acceptors (Lipinski definition) is 3. The molecule has 0 spiro atoms. The van der Waals surface area contributed by atoms with Gasteiger partial charge in [0, 0.05) is 16.9 Å². The normalized spacial score (nSPS) is 12.7. The molecule has 0 radical (unpaired) electrons. The van der Waals surface area contributed by atoms with Crippen molar-refractivity contribution in [2.45, 2.75) is 33.1 Å². The average Bonchev–Trinajstić information content (AvgIpc) is 2.80. The zero-order valence-corrected chi connectivity index (χ0v) is 11.9. The van der Waals surface area contributed by atoms with Crippen molar-refractivity contribution in [2.75, 3.05) is 6.61 Å². The molecule has 0 saturated heterocycles. The Morgan fingerprint density at radius 2 is 2.11 bits per heavy atom. The van der Waals surface area contributed by atoms with Crippen molar-refractivity contribution in [1.82, 2.24) is 4.98 Å². The number of aliphatic hydroxyl groups is 1. The summed E-state index contributed by atoms with van der Waals surface area (Å²) in [5, 5.41) is 12.4. The molecule has 1 N–H and O–H groups in total. The first-order chi connectivity index (χ1) is 8.65. The highest BCUT2D eigenvalue weighted by Gasteiger charge is 2.13.